The zero-order valence-corrected chi connectivity index (χ0v) is 12.7. The zero-order chi connectivity index (χ0) is 14.5. The number of aromatic nitrogens is 1. The molecule has 0 radical (unpaired) electrons. The van der Waals surface area contributed by atoms with E-state index in [1.165, 1.54) is 35.3 Å². The molecule has 1 aliphatic heterocycles. The summed E-state index contributed by atoms with van der Waals surface area (Å²) in [4.78, 5) is 6.78. The topological polar surface area (TPSA) is 28.2 Å². The lowest BCUT2D eigenvalue weighted by atomic mass is 9.97. The second-order valence-corrected chi connectivity index (χ2v) is 5.78. The van der Waals surface area contributed by atoms with Crippen molar-refractivity contribution >= 4 is 5.69 Å². The van der Waals surface area contributed by atoms with Gasteiger partial charge in [0.05, 0.1) is 0 Å². The SMILES string of the molecule is CN(CCc1ccccn1)Cc1cccc2c1CCCN2. The zero-order valence-electron chi connectivity index (χ0n) is 12.7. The fourth-order valence-corrected chi connectivity index (χ4v) is 2.95. The predicted octanol–water partition coefficient (Wildman–Crippen LogP) is 3.11. The van der Waals surface area contributed by atoms with Crippen molar-refractivity contribution in [2.24, 2.45) is 0 Å². The fourth-order valence-electron chi connectivity index (χ4n) is 2.95. The van der Waals surface area contributed by atoms with Gasteiger partial charge >= 0.3 is 0 Å². The Hall–Kier alpha value is -1.87. The molecule has 1 aromatic heterocycles. The summed E-state index contributed by atoms with van der Waals surface area (Å²) in [7, 11) is 2.19. The van der Waals surface area contributed by atoms with E-state index >= 15 is 0 Å². The molecule has 1 aliphatic rings. The quantitative estimate of drug-likeness (QED) is 0.912. The van der Waals surface area contributed by atoms with Crippen LogP contribution in [0.5, 0.6) is 0 Å². The molecule has 21 heavy (non-hydrogen) atoms. The van der Waals surface area contributed by atoms with Crippen molar-refractivity contribution in [1.29, 1.82) is 0 Å². The number of hydrogen-bond acceptors (Lipinski definition) is 3. The van der Waals surface area contributed by atoms with Gasteiger partial charge in [0, 0.05) is 43.6 Å². The summed E-state index contributed by atoms with van der Waals surface area (Å²) < 4.78 is 0. The fraction of sp³-hybridized carbons (Fsp3) is 0.389. The van der Waals surface area contributed by atoms with Crippen LogP contribution in [0.1, 0.15) is 23.2 Å². The van der Waals surface area contributed by atoms with Crippen molar-refractivity contribution in [3.63, 3.8) is 0 Å². The van der Waals surface area contributed by atoms with Gasteiger partial charge in [0.25, 0.3) is 0 Å². The standard InChI is InChI=1S/C18H23N3/c1-21(13-10-16-7-2-3-11-19-16)14-15-6-4-9-18-17(15)8-5-12-20-18/h2-4,6-7,9,11,20H,5,8,10,12-14H2,1H3. The number of fused-ring (bicyclic) bond motifs is 1. The molecule has 3 nitrogen and oxygen atoms in total. The van der Waals surface area contributed by atoms with Crippen LogP contribution in [0.15, 0.2) is 42.6 Å². The summed E-state index contributed by atoms with van der Waals surface area (Å²) in [5.74, 6) is 0. The average molecular weight is 281 g/mol. The number of nitrogens with one attached hydrogen (secondary N) is 1. The molecule has 0 aliphatic carbocycles. The van der Waals surface area contributed by atoms with Gasteiger partial charge in [0.2, 0.25) is 0 Å². The Bertz CT molecular complexity index is 580. The Labute approximate surface area is 127 Å². The minimum atomic E-state index is 1.00. The van der Waals surface area contributed by atoms with Crippen LogP contribution < -0.4 is 5.32 Å². The highest BCUT2D eigenvalue weighted by Gasteiger charge is 2.13. The van der Waals surface area contributed by atoms with E-state index < -0.39 is 0 Å². The maximum atomic E-state index is 4.39. The summed E-state index contributed by atoms with van der Waals surface area (Å²) in [6.45, 7) is 3.15. The Morgan fingerprint density at radius 3 is 3.00 bits per heavy atom. The van der Waals surface area contributed by atoms with Crippen molar-refractivity contribution in [3.05, 3.63) is 59.4 Å². The first-order valence-corrected chi connectivity index (χ1v) is 7.76. The third kappa shape index (κ3) is 3.61. The van der Waals surface area contributed by atoms with Gasteiger partial charge in [-0.1, -0.05) is 18.2 Å². The number of hydrogen-bond donors (Lipinski definition) is 1. The normalized spacial score (nSPS) is 13.8. The maximum Gasteiger partial charge on any atom is 0.0416 e. The summed E-state index contributed by atoms with van der Waals surface area (Å²) in [6, 6.07) is 12.8. The van der Waals surface area contributed by atoms with Crippen LogP contribution in [0, 0.1) is 0 Å². The van der Waals surface area contributed by atoms with Gasteiger partial charge in [-0.15, -0.1) is 0 Å². The second-order valence-electron chi connectivity index (χ2n) is 5.78. The minimum absolute atomic E-state index is 1.00. The van der Waals surface area contributed by atoms with Gasteiger partial charge < -0.3 is 10.2 Å². The highest BCUT2D eigenvalue weighted by Crippen LogP contribution is 2.26. The Morgan fingerprint density at radius 1 is 1.19 bits per heavy atom. The molecule has 0 fully saturated rings. The molecule has 0 atom stereocenters. The van der Waals surface area contributed by atoms with E-state index in [0.717, 1.165) is 26.1 Å². The van der Waals surface area contributed by atoms with Gasteiger partial charge in [-0.05, 0) is 49.2 Å². The van der Waals surface area contributed by atoms with Crippen molar-refractivity contribution in [1.82, 2.24) is 9.88 Å². The molecule has 0 amide bonds. The molecule has 0 bridgehead atoms. The number of rotatable bonds is 5. The molecule has 2 aromatic rings. The average Bonchev–Trinajstić information content (AvgIpc) is 2.54. The maximum absolute atomic E-state index is 4.39. The van der Waals surface area contributed by atoms with Crippen LogP contribution in [0.2, 0.25) is 0 Å². The first-order valence-electron chi connectivity index (χ1n) is 7.76. The van der Waals surface area contributed by atoms with Gasteiger partial charge in [0.15, 0.2) is 0 Å². The van der Waals surface area contributed by atoms with Crippen LogP contribution in [0.3, 0.4) is 0 Å². The van der Waals surface area contributed by atoms with Crippen molar-refractivity contribution in [3.8, 4) is 0 Å². The lowest BCUT2D eigenvalue weighted by Crippen LogP contribution is -2.23. The third-order valence-electron chi connectivity index (χ3n) is 4.11. The van der Waals surface area contributed by atoms with E-state index in [1.54, 1.807) is 0 Å². The first kappa shape index (κ1) is 14.1. The molecule has 3 rings (SSSR count). The molecule has 1 N–H and O–H groups in total. The predicted molar refractivity (Wildman–Crippen MR) is 87.5 cm³/mol. The molecule has 0 spiro atoms. The highest BCUT2D eigenvalue weighted by atomic mass is 15.1. The van der Waals surface area contributed by atoms with Crippen LogP contribution in [-0.2, 0) is 19.4 Å². The summed E-state index contributed by atoms with van der Waals surface area (Å²) >= 11 is 0. The second kappa shape index (κ2) is 6.72. The number of benzene rings is 1. The minimum Gasteiger partial charge on any atom is -0.385 e. The monoisotopic (exact) mass is 281 g/mol. The van der Waals surface area contributed by atoms with E-state index in [9.17, 15) is 0 Å². The summed E-state index contributed by atoms with van der Waals surface area (Å²) in [5, 5.41) is 3.51. The molecule has 0 unspecified atom stereocenters. The smallest absolute Gasteiger partial charge is 0.0416 e. The molecular formula is C18H23N3. The van der Waals surface area contributed by atoms with E-state index in [0.29, 0.717) is 0 Å². The van der Waals surface area contributed by atoms with Gasteiger partial charge in [-0.2, -0.15) is 0 Å². The van der Waals surface area contributed by atoms with E-state index in [-0.39, 0.29) is 0 Å². The van der Waals surface area contributed by atoms with Gasteiger partial charge in [-0.3, -0.25) is 4.98 Å². The number of pyridine rings is 1. The largest absolute Gasteiger partial charge is 0.385 e. The Balaban J connectivity index is 1.61. The molecular weight excluding hydrogens is 258 g/mol. The van der Waals surface area contributed by atoms with Crippen molar-refractivity contribution in [2.45, 2.75) is 25.8 Å². The van der Waals surface area contributed by atoms with Crippen LogP contribution in [0.4, 0.5) is 5.69 Å². The summed E-state index contributed by atoms with van der Waals surface area (Å²) in [5.41, 5.74) is 5.47. The van der Waals surface area contributed by atoms with Crippen LogP contribution in [-0.4, -0.2) is 30.0 Å². The van der Waals surface area contributed by atoms with Crippen LogP contribution >= 0.6 is 0 Å². The first-order chi connectivity index (χ1) is 10.3. The van der Waals surface area contributed by atoms with Crippen molar-refractivity contribution in [2.75, 3.05) is 25.5 Å². The number of likely N-dealkylation sites (N-methyl/N-ethyl adjacent to an activating group) is 1. The Morgan fingerprint density at radius 2 is 2.14 bits per heavy atom. The lowest BCUT2D eigenvalue weighted by Gasteiger charge is -2.24. The number of nitrogens with zero attached hydrogens (tertiary/aromatic N) is 2. The third-order valence-corrected chi connectivity index (χ3v) is 4.11. The highest BCUT2D eigenvalue weighted by molar-refractivity contribution is 5.56. The Kier molecular flexibility index (Phi) is 4.51. The molecule has 0 saturated heterocycles. The van der Waals surface area contributed by atoms with Gasteiger partial charge in [-0.25, -0.2) is 0 Å². The molecule has 110 valence electrons. The molecule has 1 aromatic carbocycles. The lowest BCUT2D eigenvalue weighted by molar-refractivity contribution is 0.329. The van der Waals surface area contributed by atoms with E-state index in [4.69, 9.17) is 0 Å². The molecule has 3 heteroatoms. The van der Waals surface area contributed by atoms with Crippen LogP contribution in [0.25, 0.3) is 0 Å². The van der Waals surface area contributed by atoms with Gasteiger partial charge in [0.1, 0.15) is 0 Å². The van der Waals surface area contributed by atoms with E-state index in [1.807, 2.05) is 12.3 Å². The molecule has 2 heterocycles. The summed E-state index contributed by atoms with van der Waals surface area (Å²) in [6.07, 6.45) is 5.31. The molecule has 0 saturated carbocycles. The van der Waals surface area contributed by atoms with E-state index in [2.05, 4.69) is 52.6 Å². The number of anilines is 1. The van der Waals surface area contributed by atoms with Crippen molar-refractivity contribution < 1.29 is 0 Å².